The zero-order chi connectivity index (χ0) is 13.6. The molecule has 0 aromatic rings. The summed E-state index contributed by atoms with van der Waals surface area (Å²) in [5, 5.41) is 6.83. The van der Waals surface area contributed by atoms with Gasteiger partial charge >= 0.3 is 0 Å². The molecule has 0 spiro atoms. The van der Waals surface area contributed by atoms with E-state index < -0.39 is 0 Å². The lowest BCUT2D eigenvalue weighted by Crippen LogP contribution is -2.44. The zero-order valence-electron chi connectivity index (χ0n) is 13.1. The Balaban J connectivity index is 0.000000659. The summed E-state index contributed by atoms with van der Waals surface area (Å²) in [6, 6.07) is 0. The fourth-order valence-electron chi connectivity index (χ4n) is 2.47. The largest absolute Gasteiger partial charge is 0.317 e. The summed E-state index contributed by atoms with van der Waals surface area (Å²) in [6.45, 7) is 16.7. The third kappa shape index (κ3) is 8.06. The van der Waals surface area contributed by atoms with Crippen LogP contribution in [0.1, 0.15) is 47.0 Å². The molecule has 0 aromatic heterocycles. The van der Waals surface area contributed by atoms with Crippen LogP contribution in [-0.2, 0) is 0 Å². The van der Waals surface area contributed by atoms with Gasteiger partial charge in [-0.1, -0.05) is 27.7 Å². The van der Waals surface area contributed by atoms with E-state index in [-0.39, 0.29) is 0 Å². The lowest BCUT2D eigenvalue weighted by molar-refractivity contribution is 0.213. The van der Waals surface area contributed by atoms with E-state index in [2.05, 4.69) is 15.5 Å². The van der Waals surface area contributed by atoms with E-state index >= 15 is 0 Å². The summed E-state index contributed by atoms with van der Waals surface area (Å²) >= 11 is 0. The maximum Gasteiger partial charge on any atom is 0.0107 e. The van der Waals surface area contributed by atoms with Gasteiger partial charge in [-0.25, -0.2) is 0 Å². The molecule has 2 aliphatic heterocycles. The zero-order valence-corrected chi connectivity index (χ0v) is 13.1. The second kappa shape index (κ2) is 13.3. The highest BCUT2D eigenvalue weighted by Crippen LogP contribution is 2.16. The van der Waals surface area contributed by atoms with Crippen molar-refractivity contribution in [3.8, 4) is 0 Å². The van der Waals surface area contributed by atoms with Crippen molar-refractivity contribution in [3.63, 3.8) is 0 Å². The van der Waals surface area contributed by atoms with Crippen molar-refractivity contribution >= 4 is 0 Å². The number of rotatable bonds is 3. The molecule has 0 aromatic carbocycles. The van der Waals surface area contributed by atoms with Gasteiger partial charge < -0.3 is 15.5 Å². The predicted octanol–water partition coefficient (Wildman–Crippen LogP) is 2.33. The normalized spacial score (nSPS) is 21.3. The van der Waals surface area contributed by atoms with E-state index in [9.17, 15) is 0 Å². The van der Waals surface area contributed by atoms with E-state index in [4.69, 9.17) is 0 Å². The monoisotopic (exact) mass is 257 g/mol. The van der Waals surface area contributed by atoms with Crippen molar-refractivity contribution in [3.05, 3.63) is 0 Å². The Kier molecular flexibility index (Phi) is 13.2. The lowest BCUT2D eigenvalue weighted by Gasteiger charge is -2.30. The Morgan fingerprint density at radius 3 is 1.89 bits per heavy atom. The molecular weight excluding hydrogens is 222 g/mol. The van der Waals surface area contributed by atoms with Gasteiger partial charge in [0.05, 0.1) is 0 Å². The maximum absolute atomic E-state index is 3.43. The van der Waals surface area contributed by atoms with Crippen LogP contribution in [0, 0.1) is 5.92 Å². The third-order valence-electron chi connectivity index (χ3n) is 3.52. The van der Waals surface area contributed by atoms with Gasteiger partial charge in [0.1, 0.15) is 0 Å². The SMILES string of the molecule is C1CC(CCN2CCNCC2)CCN1.CC.CC. The van der Waals surface area contributed by atoms with Gasteiger partial charge in [0.2, 0.25) is 0 Å². The van der Waals surface area contributed by atoms with Crippen LogP contribution in [0.3, 0.4) is 0 Å². The number of nitrogens with one attached hydrogen (secondary N) is 2. The average Bonchev–Trinajstić information content (AvgIpc) is 2.51. The van der Waals surface area contributed by atoms with E-state index in [0.717, 1.165) is 5.92 Å². The van der Waals surface area contributed by atoms with Gasteiger partial charge in [-0.05, 0) is 44.8 Å². The van der Waals surface area contributed by atoms with E-state index in [0.29, 0.717) is 0 Å². The number of hydrogen-bond acceptors (Lipinski definition) is 3. The van der Waals surface area contributed by atoms with Gasteiger partial charge in [-0.15, -0.1) is 0 Å². The van der Waals surface area contributed by atoms with Crippen molar-refractivity contribution in [2.75, 3.05) is 45.8 Å². The van der Waals surface area contributed by atoms with Crippen molar-refractivity contribution in [1.82, 2.24) is 15.5 Å². The first-order valence-corrected chi connectivity index (χ1v) is 8.09. The first-order chi connectivity index (χ1) is 8.95. The molecule has 3 heteroatoms. The van der Waals surface area contributed by atoms with Crippen LogP contribution in [0.25, 0.3) is 0 Å². The molecule has 2 saturated heterocycles. The number of piperazine rings is 1. The van der Waals surface area contributed by atoms with Crippen LogP contribution in [0.15, 0.2) is 0 Å². The van der Waals surface area contributed by atoms with E-state index in [1.165, 1.54) is 65.1 Å². The van der Waals surface area contributed by atoms with Crippen molar-refractivity contribution in [1.29, 1.82) is 0 Å². The van der Waals surface area contributed by atoms with Crippen LogP contribution >= 0.6 is 0 Å². The second-order valence-corrected chi connectivity index (χ2v) is 4.57. The molecule has 0 bridgehead atoms. The molecule has 0 unspecified atom stereocenters. The molecule has 2 rings (SSSR count). The molecule has 0 atom stereocenters. The minimum atomic E-state index is 0.992. The van der Waals surface area contributed by atoms with Gasteiger partial charge in [0.15, 0.2) is 0 Å². The third-order valence-corrected chi connectivity index (χ3v) is 3.52. The lowest BCUT2D eigenvalue weighted by atomic mass is 9.94. The Morgan fingerprint density at radius 1 is 0.833 bits per heavy atom. The minimum absolute atomic E-state index is 0.992. The molecular formula is C15H35N3. The molecule has 110 valence electrons. The maximum atomic E-state index is 3.43. The van der Waals surface area contributed by atoms with Crippen LogP contribution in [0.5, 0.6) is 0 Å². The highest BCUT2D eigenvalue weighted by molar-refractivity contribution is 4.72. The predicted molar refractivity (Wildman–Crippen MR) is 82.2 cm³/mol. The summed E-state index contributed by atoms with van der Waals surface area (Å²) in [5.74, 6) is 0.992. The van der Waals surface area contributed by atoms with E-state index in [1.807, 2.05) is 27.7 Å². The average molecular weight is 257 g/mol. The Morgan fingerprint density at radius 2 is 1.33 bits per heavy atom. The summed E-state index contributed by atoms with van der Waals surface area (Å²) < 4.78 is 0. The number of nitrogens with zero attached hydrogens (tertiary/aromatic N) is 1. The highest BCUT2D eigenvalue weighted by Gasteiger charge is 2.15. The summed E-state index contributed by atoms with van der Waals surface area (Å²) in [4.78, 5) is 2.61. The van der Waals surface area contributed by atoms with Crippen LogP contribution in [0.4, 0.5) is 0 Å². The molecule has 0 saturated carbocycles. The smallest absolute Gasteiger partial charge is 0.0107 e. The second-order valence-electron chi connectivity index (χ2n) is 4.57. The Labute approximate surface area is 115 Å². The molecule has 0 aliphatic carbocycles. The number of hydrogen-bond donors (Lipinski definition) is 2. The first-order valence-electron chi connectivity index (χ1n) is 8.09. The number of piperidine rings is 1. The topological polar surface area (TPSA) is 27.3 Å². The molecule has 2 aliphatic rings. The molecule has 2 heterocycles. The quantitative estimate of drug-likeness (QED) is 0.812. The molecule has 2 N–H and O–H groups in total. The molecule has 3 nitrogen and oxygen atoms in total. The van der Waals surface area contributed by atoms with Gasteiger partial charge in [0, 0.05) is 26.2 Å². The summed E-state index contributed by atoms with van der Waals surface area (Å²) in [7, 11) is 0. The molecule has 0 radical (unpaired) electrons. The van der Waals surface area contributed by atoms with Crippen molar-refractivity contribution in [2.45, 2.75) is 47.0 Å². The molecule has 18 heavy (non-hydrogen) atoms. The fourth-order valence-corrected chi connectivity index (χ4v) is 2.47. The van der Waals surface area contributed by atoms with Crippen molar-refractivity contribution in [2.24, 2.45) is 5.92 Å². The van der Waals surface area contributed by atoms with Crippen LogP contribution < -0.4 is 10.6 Å². The van der Waals surface area contributed by atoms with Crippen molar-refractivity contribution < 1.29 is 0 Å². The minimum Gasteiger partial charge on any atom is -0.317 e. The Hall–Kier alpha value is -0.120. The highest BCUT2D eigenvalue weighted by atomic mass is 15.2. The fraction of sp³-hybridized carbons (Fsp3) is 1.00. The first kappa shape index (κ1) is 17.9. The molecule has 0 amide bonds. The van der Waals surface area contributed by atoms with Crippen LogP contribution in [0.2, 0.25) is 0 Å². The Bertz CT molecular complexity index is 132. The standard InChI is InChI=1S/C11H23N3.2C2H6/c1-4-12-5-2-11(1)3-8-14-9-6-13-7-10-14;2*1-2/h11-13H,1-10H2;2*1-2H3. The van der Waals surface area contributed by atoms with Gasteiger partial charge in [-0.2, -0.15) is 0 Å². The van der Waals surface area contributed by atoms with Gasteiger partial charge in [0.25, 0.3) is 0 Å². The summed E-state index contributed by atoms with van der Waals surface area (Å²) in [5.41, 5.74) is 0. The van der Waals surface area contributed by atoms with Crippen LogP contribution in [-0.4, -0.2) is 50.7 Å². The van der Waals surface area contributed by atoms with Gasteiger partial charge in [-0.3, -0.25) is 0 Å². The summed E-state index contributed by atoms with van der Waals surface area (Å²) in [6.07, 6.45) is 4.21. The molecule has 2 fully saturated rings. The van der Waals surface area contributed by atoms with E-state index in [1.54, 1.807) is 0 Å².